The van der Waals surface area contributed by atoms with Crippen LogP contribution in [0.2, 0.25) is 0 Å². The Bertz CT molecular complexity index is 781. The topological polar surface area (TPSA) is 118 Å². The number of aliphatic hydroxyl groups excluding tert-OH is 1. The summed E-state index contributed by atoms with van der Waals surface area (Å²) in [4.78, 5) is 10.9. The quantitative estimate of drug-likeness (QED) is 0.425. The molecule has 5 atom stereocenters. The van der Waals surface area contributed by atoms with E-state index in [1.54, 1.807) is 0 Å². The molecule has 146 valence electrons. The summed E-state index contributed by atoms with van der Waals surface area (Å²) < 4.78 is 5.41. The summed E-state index contributed by atoms with van der Waals surface area (Å²) in [6.45, 7) is 1.84. The van der Waals surface area contributed by atoms with Gasteiger partial charge in [0, 0.05) is 0 Å². The van der Waals surface area contributed by atoms with Crippen LogP contribution in [-0.2, 0) is 11.2 Å². The molecule has 0 saturated heterocycles. The molecule has 3 aliphatic rings. The highest BCUT2D eigenvalue weighted by Gasteiger charge is 2.54. The fraction of sp³-hybridized carbons (Fsp3) is 0.650. The van der Waals surface area contributed by atoms with Crippen molar-refractivity contribution in [1.29, 1.82) is 0 Å². The Hall–Kier alpha value is -2.15. The predicted molar refractivity (Wildman–Crippen MR) is 98.9 cm³/mol. The van der Waals surface area contributed by atoms with E-state index in [0.717, 1.165) is 38.5 Å². The van der Waals surface area contributed by atoms with Gasteiger partial charge >= 0.3 is 5.97 Å². The second kappa shape index (κ2) is 6.78. The lowest BCUT2D eigenvalue weighted by molar-refractivity contribution is -0.139. The highest BCUT2D eigenvalue weighted by atomic mass is 16.5. The number of carboxylic acids is 1. The van der Waals surface area contributed by atoms with Crippen molar-refractivity contribution < 1.29 is 19.7 Å². The Morgan fingerprint density at radius 3 is 2.89 bits per heavy atom. The van der Waals surface area contributed by atoms with Gasteiger partial charge in [-0.15, -0.1) is 5.11 Å². The molecule has 1 aromatic rings. The van der Waals surface area contributed by atoms with Crippen LogP contribution < -0.4 is 10.6 Å². The minimum absolute atomic E-state index is 0.0446. The summed E-state index contributed by atoms with van der Waals surface area (Å²) in [7, 11) is 0. The van der Waals surface area contributed by atoms with Crippen LogP contribution in [0.25, 0.3) is 0 Å². The minimum atomic E-state index is -1.03. The van der Waals surface area contributed by atoms with E-state index in [2.05, 4.69) is 17.3 Å². The van der Waals surface area contributed by atoms with Crippen LogP contribution >= 0.6 is 0 Å². The van der Waals surface area contributed by atoms with Gasteiger partial charge in [-0.2, -0.15) is 0 Å². The van der Waals surface area contributed by atoms with Crippen molar-refractivity contribution in [2.24, 2.45) is 33.4 Å². The van der Waals surface area contributed by atoms with Crippen LogP contribution in [0.4, 0.5) is 5.69 Å². The summed E-state index contributed by atoms with van der Waals surface area (Å²) in [5, 5.41) is 26.8. The molecule has 0 radical (unpaired) electrons. The number of nitrogens with zero attached hydrogens (tertiary/aromatic N) is 2. The van der Waals surface area contributed by atoms with E-state index < -0.39 is 12.6 Å². The third-order valence-corrected chi connectivity index (χ3v) is 7.27. The van der Waals surface area contributed by atoms with Crippen molar-refractivity contribution in [3.63, 3.8) is 0 Å². The molecule has 0 bridgehead atoms. The molecule has 0 spiro atoms. The molecule has 7 heteroatoms. The van der Waals surface area contributed by atoms with E-state index >= 15 is 0 Å². The first kappa shape index (κ1) is 18.2. The summed E-state index contributed by atoms with van der Waals surface area (Å²) in [5.74, 6) is 6.21. The molecule has 3 aliphatic carbocycles. The van der Waals surface area contributed by atoms with Crippen molar-refractivity contribution in [2.45, 2.75) is 57.5 Å². The highest BCUT2D eigenvalue weighted by molar-refractivity contribution is 5.69. The molecule has 27 heavy (non-hydrogen) atoms. The molecule has 2 saturated carbocycles. The van der Waals surface area contributed by atoms with Crippen LogP contribution in [0, 0.1) is 17.3 Å². The third-order valence-electron chi connectivity index (χ3n) is 7.27. The average molecular weight is 373 g/mol. The van der Waals surface area contributed by atoms with Crippen molar-refractivity contribution in [2.75, 3.05) is 6.61 Å². The molecule has 0 heterocycles. The number of rotatable bonds is 4. The Balaban J connectivity index is 1.68. The van der Waals surface area contributed by atoms with Crippen LogP contribution in [0.1, 0.15) is 56.1 Å². The number of carbonyl (C=O) groups is 1. The molecule has 0 aromatic heterocycles. The fourth-order valence-corrected chi connectivity index (χ4v) is 5.95. The molecule has 0 aliphatic heterocycles. The number of hydrogen-bond donors (Lipinski definition) is 3. The summed E-state index contributed by atoms with van der Waals surface area (Å²) in [6, 6.07) is 3.89. The second-order valence-electron chi connectivity index (χ2n) is 8.47. The van der Waals surface area contributed by atoms with Gasteiger partial charge in [-0.05, 0) is 85.0 Å². The molecule has 7 nitrogen and oxygen atoms in total. The van der Waals surface area contributed by atoms with E-state index in [-0.39, 0.29) is 11.5 Å². The molecule has 2 fully saturated rings. The lowest BCUT2D eigenvalue weighted by atomic mass is 9.55. The van der Waals surface area contributed by atoms with Crippen LogP contribution in [0.3, 0.4) is 0 Å². The minimum Gasteiger partial charge on any atom is -0.480 e. The van der Waals surface area contributed by atoms with Crippen LogP contribution in [0.15, 0.2) is 22.5 Å². The lowest BCUT2D eigenvalue weighted by Crippen LogP contribution is -2.43. The van der Waals surface area contributed by atoms with E-state index in [9.17, 15) is 9.90 Å². The third kappa shape index (κ3) is 2.98. The van der Waals surface area contributed by atoms with E-state index in [1.807, 2.05) is 12.1 Å². The largest absolute Gasteiger partial charge is 0.480 e. The van der Waals surface area contributed by atoms with Gasteiger partial charge in [0.1, 0.15) is 11.4 Å². The predicted octanol–water partition coefficient (Wildman–Crippen LogP) is 3.32. The summed E-state index contributed by atoms with van der Waals surface area (Å²) in [6.07, 6.45) is 5.94. The van der Waals surface area contributed by atoms with Gasteiger partial charge in [0.2, 0.25) is 0 Å². The number of nitrogens with two attached hydrogens (primary N) is 1. The monoisotopic (exact) mass is 373 g/mol. The van der Waals surface area contributed by atoms with Crippen molar-refractivity contribution in [3.8, 4) is 5.75 Å². The first-order valence-corrected chi connectivity index (χ1v) is 9.74. The Morgan fingerprint density at radius 1 is 1.33 bits per heavy atom. The maximum absolute atomic E-state index is 10.9. The van der Waals surface area contributed by atoms with Gasteiger partial charge in [0.15, 0.2) is 6.61 Å². The van der Waals surface area contributed by atoms with E-state index in [0.29, 0.717) is 29.2 Å². The molecular weight excluding hydrogens is 346 g/mol. The Morgan fingerprint density at radius 2 is 2.15 bits per heavy atom. The number of aliphatic carboxylic acids is 1. The van der Waals surface area contributed by atoms with Crippen molar-refractivity contribution in [3.05, 3.63) is 23.3 Å². The van der Waals surface area contributed by atoms with Gasteiger partial charge in [-0.25, -0.2) is 4.79 Å². The SMILES string of the molecule is CC12CCC3c4cc(N=NN)c(OCC(=O)O)cc4CCC3C1CCC2O. The van der Waals surface area contributed by atoms with Gasteiger partial charge in [-0.3, -0.25) is 0 Å². The average Bonchev–Trinajstić information content (AvgIpc) is 2.95. The first-order valence-electron chi connectivity index (χ1n) is 9.74. The standard InChI is InChI=1S/C20H27N3O4/c1-20-7-6-12-13(15(20)4-5-18(20)24)3-2-11-8-17(27-10-19(25)26)16(22-23-21)9-14(11)12/h8-9,12-13,15,18,24H,2-7,10H2,1H3,(H2,21,22)(H,25,26). The number of aryl methyl sites for hydroxylation is 1. The zero-order valence-corrected chi connectivity index (χ0v) is 15.6. The number of fused-ring (bicyclic) bond motifs is 5. The van der Waals surface area contributed by atoms with Crippen LogP contribution in [0.5, 0.6) is 5.75 Å². The number of carboxylic acid groups (broad SMARTS) is 1. The van der Waals surface area contributed by atoms with Gasteiger partial charge < -0.3 is 20.8 Å². The Labute approximate surface area is 158 Å². The number of aliphatic hydroxyl groups is 1. The first-order chi connectivity index (χ1) is 12.9. The summed E-state index contributed by atoms with van der Waals surface area (Å²) >= 11 is 0. The zero-order valence-electron chi connectivity index (χ0n) is 15.6. The molecule has 5 unspecified atom stereocenters. The highest BCUT2D eigenvalue weighted by Crippen LogP contribution is 2.61. The normalized spacial score (nSPS) is 34.7. The Kier molecular flexibility index (Phi) is 4.58. The van der Waals surface area contributed by atoms with Gasteiger partial charge in [-0.1, -0.05) is 12.1 Å². The molecular formula is C20H27N3O4. The van der Waals surface area contributed by atoms with Gasteiger partial charge in [0.05, 0.1) is 6.10 Å². The second-order valence-corrected chi connectivity index (χ2v) is 8.47. The molecule has 4 N–H and O–H groups in total. The van der Waals surface area contributed by atoms with Gasteiger partial charge in [0.25, 0.3) is 0 Å². The van der Waals surface area contributed by atoms with Crippen molar-refractivity contribution in [1.82, 2.24) is 0 Å². The molecule has 4 rings (SSSR count). The number of benzene rings is 1. The lowest BCUT2D eigenvalue weighted by Gasteiger charge is -2.50. The van der Waals surface area contributed by atoms with E-state index in [1.165, 1.54) is 11.1 Å². The smallest absolute Gasteiger partial charge is 0.341 e. The summed E-state index contributed by atoms with van der Waals surface area (Å²) in [5.41, 5.74) is 3.00. The maximum atomic E-state index is 10.9. The zero-order chi connectivity index (χ0) is 19.2. The maximum Gasteiger partial charge on any atom is 0.341 e. The van der Waals surface area contributed by atoms with Crippen LogP contribution in [-0.4, -0.2) is 28.9 Å². The molecule has 1 aromatic carbocycles. The fourth-order valence-electron chi connectivity index (χ4n) is 5.95. The molecule has 0 amide bonds. The number of hydrogen-bond acceptors (Lipinski definition) is 5. The number of ether oxygens (including phenoxy) is 1. The van der Waals surface area contributed by atoms with E-state index in [4.69, 9.17) is 15.7 Å². The van der Waals surface area contributed by atoms with Crippen molar-refractivity contribution >= 4 is 11.7 Å².